The normalized spacial score (nSPS) is 11.8. The minimum Gasteiger partial charge on any atom is -0.309 e. The molecular weight excluding hydrogens is 827 g/mol. The molecule has 0 bridgehead atoms. The number of aromatic nitrogens is 5. The van der Waals surface area contributed by atoms with Crippen molar-refractivity contribution >= 4 is 75.9 Å². The number of hydrogen-bond donors (Lipinski definition) is 0. The van der Waals surface area contributed by atoms with Crippen LogP contribution in [0.25, 0.3) is 133 Å². The van der Waals surface area contributed by atoms with Crippen molar-refractivity contribution in [1.82, 2.24) is 24.1 Å². The van der Waals surface area contributed by atoms with Gasteiger partial charge in [-0.1, -0.05) is 194 Å². The van der Waals surface area contributed by atoms with E-state index in [1.54, 1.807) is 0 Å². The molecule has 0 aliphatic carbocycles. The average molecular weight is 866 g/mol. The van der Waals surface area contributed by atoms with Crippen LogP contribution >= 0.6 is 0 Å². The third-order valence-corrected chi connectivity index (χ3v) is 13.7. The molecule has 0 fully saturated rings. The van der Waals surface area contributed by atoms with Gasteiger partial charge in [-0.3, -0.25) is 4.57 Å². The monoisotopic (exact) mass is 865 g/mol. The second-order valence-corrected chi connectivity index (χ2v) is 17.6. The predicted octanol–water partition coefficient (Wildman–Crippen LogP) is 16.2. The van der Waals surface area contributed by atoms with Gasteiger partial charge < -0.3 is 4.57 Å². The molecule has 3 aromatic heterocycles. The lowest BCUT2D eigenvalue weighted by Gasteiger charge is -2.16. The Morgan fingerprint density at radius 2 is 0.721 bits per heavy atom. The smallest absolute Gasteiger partial charge is 0.238 e. The van der Waals surface area contributed by atoms with Crippen molar-refractivity contribution in [2.24, 2.45) is 0 Å². The SMILES string of the molecule is c1ccc(-c2cccc(-c3nc(-c4ccccc4)nc(-n4c5ccccc5c5cc6c7ccccc7n(-c7ccccc7-c7ccc8c9ccccc9c9ccccc9c8c7)c6cc54)n3)c2)cc1. The largest absolute Gasteiger partial charge is 0.309 e. The van der Waals surface area contributed by atoms with Crippen molar-refractivity contribution in [3.63, 3.8) is 0 Å². The zero-order valence-corrected chi connectivity index (χ0v) is 36.8. The van der Waals surface area contributed by atoms with E-state index in [-0.39, 0.29) is 0 Å². The molecule has 316 valence electrons. The molecule has 0 radical (unpaired) electrons. The Hall–Kier alpha value is -9.19. The van der Waals surface area contributed by atoms with Gasteiger partial charge in [0.25, 0.3) is 0 Å². The molecule has 0 saturated carbocycles. The quantitative estimate of drug-likeness (QED) is 0.156. The molecule has 0 saturated heterocycles. The molecule has 0 spiro atoms. The molecule has 68 heavy (non-hydrogen) atoms. The molecule has 0 atom stereocenters. The Balaban J connectivity index is 1.02. The number of nitrogens with zero attached hydrogens (tertiary/aromatic N) is 5. The summed E-state index contributed by atoms with van der Waals surface area (Å²) < 4.78 is 4.68. The van der Waals surface area contributed by atoms with Gasteiger partial charge in [0, 0.05) is 38.2 Å². The van der Waals surface area contributed by atoms with Crippen molar-refractivity contribution < 1.29 is 0 Å². The van der Waals surface area contributed by atoms with Gasteiger partial charge >= 0.3 is 0 Å². The fraction of sp³-hybridized carbons (Fsp3) is 0. The van der Waals surface area contributed by atoms with Gasteiger partial charge in [0.2, 0.25) is 5.95 Å². The third kappa shape index (κ3) is 5.93. The number of para-hydroxylation sites is 3. The summed E-state index contributed by atoms with van der Waals surface area (Å²) in [5.41, 5.74) is 11.8. The Bertz CT molecular complexity index is 4280. The highest BCUT2D eigenvalue weighted by atomic mass is 15.2. The van der Waals surface area contributed by atoms with Crippen LogP contribution < -0.4 is 0 Å². The molecule has 0 aliphatic rings. The summed E-state index contributed by atoms with van der Waals surface area (Å²) in [4.78, 5) is 15.8. The van der Waals surface area contributed by atoms with Gasteiger partial charge in [0.1, 0.15) is 0 Å². The summed E-state index contributed by atoms with van der Waals surface area (Å²) >= 11 is 0. The summed E-state index contributed by atoms with van der Waals surface area (Å²) in [5.74, 6) is 1.78. The van der Waals surface area contributed by atoms with Crippen LogP contribution in [0.2, 0.25) is 0 Å². The van der Waals surface area contributed by atoms with E-state index in [1.165, 1.54) is 43.1 Å². The van der Waals surface area contributed by atoms with E-state index in [0.717, 1.165) is 71.9 Å². The molecule has 5 nitrogen and oxygen atoms in total. The van der Waals surface area contributed by atoms with E-state index in [2.05, 4.69) is 221 Å². The van der Waals surface area contributed by atoms with Crippen molar-refractivity contribution in [3.05, 3.63) is 237 Å². The van der Waals surface area contributed by atoms with Crippen molar-refractivity contribution in [2.45, 2.75) is 0 Å². The van der Waals surface area contributed by atoms with Gasteiger partial charge in [0.15, 0.2) is 11.6 Å². The first-order chi connectivity index (χ1) is 33.7. The lowest BCUT2D eigenvalue weighted by atomic mass is 9.92. The molecule has 0 aliphatic heterocycles. The Morgan fingerprint density at radius 1 is 0.235 bits per heavy atom. The van der Waals surface area contributed by atoms with Crippen LogP contribution in [0.15, 0.2) is 237 Å². The lowest BCUT2D eigenvalue weighted by molar-refractivity contribution is 0.953. The van der Waals surface area contributed by atoms with Crippen LogP contribution in [0, 0.1) is 0 Å². The van der Waals surface area contributed by atoms with E-state index in [9.17, 15) is 0 Å². The standard InChI is InChI=1S/C63H39N5/c1-3-18-40(19-4-1)42-22-17-23-44(36-42)62-64-61(41-20-5-2-6-21-41)65-63(66-62)68-58-33-16-13-30-52(58)55-38-54-51-29-12-15-32-57(51)67(59(54)39-60(55)68)56-31-14-11-24-45(56)43-34-35-50-48-27-8-7-25-46(48)47-26-9-10-28-49(47)53(50)37-43/h1-39H. The maximum atomic E-state index is 5.36. The fourth-order valence-electron chi connectivity index (χ4n) is 10.7. The highest BCUT2D eigenvalue weighted by molar-refractivity contribution is 6.26. The lowest BCUT2D eigenvalue weighted by Crippen LogP contribution is -2.06. The van der Waals surface area contributed by atoms with E-state index in [1.807, 2.05) is 24.3 Å². The van der Waals surface area contributed by atoms with Gasteiger partial charge in [0.05, 0.1) is 27.8 Å². The summed E-state index contributed by atoms with van der Waals surface area (Å²) in [7, 11) is 0. The van der Waals surface area contributed by atoms with Crippen LogP contribution in [0.3, 0.4) is 0 Å². The second-order valence-electron chi connectivity index (χ2n) is 17.6. The summed E-state index contributed by atoms with van der Waals surface area (Å²) in [5, 5.41) is 12.2. The van der Waals surface area contributed by atoms with E-state index >= 15 is 0 Å². The molecular formula is C63H39N5. The van der Waals surface area contributed by atoms with Crippen LogP contribution in [-0.2, 0) is 0 Å². The molecule has 0 N–H and O–H groups in total. The first kappa shape index (κ1) is 38.1. The Labute approximate surface area is 391 Å². The van der Waals surface area contributed by atoms with E-state index in [4.69, 9.17) is 15.0 Å². The van der Waals surface area contributed by atoms with Crippen molar-refractivity contribution in [1.29, 1.82) is 0 Å². The first-order valence-corrected chi connectivity index (χ1v) is 23.1. The van der Waals surface area contributed by atoms with Crippen LogP contribution in [0.4, 0.5) is 0 Å². The van der Waals surface area contributed by atoms with Crippen LogP contribution in [0.5, 0.6) is 0 Å². The molecule has 11 aromatic carbocycles. The predicted molar refractivity (Wildman–Crippen MR) is 283 cm³/mol. The minimum absolute atomic E-state index is 0.559. The van der Waals surface area contributed by atoms with Gasteiger partial charge in [-0.05, 0) is 91.5 Å². The number of rotatable bonds is 6. The van der Waals surface area contributed by atoms with Crippen LogP contribution in [-0.4, -0.2) is 24.1 Å². The van der Waals surface area contributed by atoms with Gasteiger partial charge in [-0.2, -0.15) is 9.97 Å². The van der Waals surface area contributed by atoms with Crippen molar-refractivity contribution in [2.75, 3.05) is 0 Å². The zero-order valence-electron chi connectivity index (χ0n) is 36.8. The number of fused-ring (bicyclic) bond motifs is 12. The molecule has 0 unspecified atom stereocenters. The van der Waals surface area contributed by atoms with Gasteiger partial charge in [-0.15, -0.1) is 0 Å². The summed E-state index contributed by atoms with van der Waals surface area (Å²) in [6, 6.07) is 84.7. The van der Waals surface area contributed by atoms with Crippen LogP contribution in [0.1, 0.15) is 0 Å². The van der Waals surface area contributed by atoms with E-state index in [0.29, 0.717) is 17.6 Å². The average Bonchev–Trinajstić information content (AvgIpc) is 3.92. The number of hydrogen-bond acceptors (Lipinski definition) is 3. The zero-order chi connectivity index (χ0) is 44.7. The van der Waals surface area contributed by atoms with Crippen molar-refractivity contribution in [3.8, 4) is 56.7 Å². The highest BCUT2D eigenvalue weighted by Gasteiger charge is 2.23. The molecule has 14 aromatic rings. The summed E-state index contributed by atoms with van der Waals surface area (Å²) in [6.07, 6.45) is 0. The first-order valence-electron chi connectivity index (χ1n) is 23.1. The fourth-order valence-corrected chi connectivity index (χ4v) is 10.7. The highest BCUT2D eigenvalue weighted by Crippen LogP contribution is 2.43. The Morgan fingerprint density at radius 3 is 1.40 bits per heavy atom. The summed E-state index contributed by atoms with van der Waals surface area (Å²) in [6.45, 7) is 0. The molecule has 0 amide bonds. The topological polar surface area (TPSA) is 48.5 Å². The maximum absolute atomic E-state index is 5.36. The molecule has 14 rings (SSSR count). The molecule has 3 heterocycles. The molecule has 5 heteroatoms. The third-order valence-electron chi connectivity index (χ3n) is 13.7. The Kier molecular flexibility index (Phi) is 8.52. The van der Waals surface area contributed by atoms with E-state index < -0.39 is 0 Å². The second kappa shape index (κ2) is 15.2. The van der Waals surface area contributed by atoms with Gasteiger partial charge in [-0.25, -0.2) is 4.98 Å². The number of benzene rings is 11. The minimum atomic E-state index is 0.559. The maximum Gasteiger partial charge on any atom is 0.238 e.